The number of rotatable bonds is 2. The number of nitrogens with zero attached hydrogens (tertiary/aromatic N) is 2. The molecule has 96 valence electrons. The molecule has 0 spiro atoms. The van der Waals surface area contributed by atoms with Crippen LogP contribution in [0.15, 0.2) is 29.6 Å². The van der Waals surface area contributed by atoms with Gasteiger partial charge in [-0.3, -0.25) is 0 Å². The lowest BCUT2D eigenvalue weighted by Gasteiger charge is -2.07. The summed E-state index contributed by atoms with van der Waals surface area (Å²) in [5, 5.41) is 2.37. The van der Waals surface area contributed by atoms with Crippen molar-refractivity contribution in [1.29, 1.82) is 0 Å². The average Bonchev–Trinajstić information content (AvgIpc) is 2.82. The molecule has 1 aromatic carbocycles. The fourth-order valence-corrected chi connectivity index (χ4v) is 2.51. The summed E-state index contributed by atoms with van der Waals surface area (Å²) >= 11 is 7.10. The van der Waals surface area contributed by atoms with Gasteiger partial charge in [0, 0.05) is 6.07 Å². The van der Waals surface area contributed by atoms with Crippen LogP contribution in [-0.4, -0.2) is 9.97 Å². The third-order valence-electron chi connectivity index (χ3n) is 2.36. The van der Waals surface area contributed by atoms with Gasteiger partial charge in [0.15, 0.2) is 11.6 Å². The van der Waals surface area contributed by atoms with Gasteiger partial charge < -0.3 is 4.74 Å². The highest BCUT2D eigenvalue weighted by Crippen LogP contribution is 2.32. The Morgan fingerprint density at radius 2 is 2.00 bits per heavy atom. The van der Waals surface area contributed by atoms with Crippen molar-refractivity contribution in [3.63, 3.8) is 0 Å². The normalized spacial score (nSPS) is 10.9. The maximum atomic E-state index is 13.5. The maximum absolute atomic E-state index is 13.5. The van der Waals surface area contributed by atoms with E-state index in [0.29, 0.717) is 10.2 Å². The molecular weight excluding hydrogens is 294 g/mol. The van der Waals surface area contributed by atoms with E-state index in [0.717, 1.165) is 18.2 Å². The zero-order valence-corrected chi connectivity index (χ0v) is 10.8. The molecule has 0 bridgehead atoms. The quantitative estimate of drug-likeness (QED) is 0.657. The topological polar surface area (TPSA) is 35.0 Å². The number of halogens is 3. The predicted octanol–water partition coefficient (Wildman–Crippen LogP) is 4.42. The molecule has 0 saturated carbocycles. The van der Waals surface area contributed by atoms with Crippen LogP contribution >= 0.6 is 22.9 Å². The second kappa shape index (κ2) is 4.71. The molecule has 0 unspecified atom stereocenters. The molecule has 0 radical (unpaired) electrons. The van der Waals surface area contributed by atoms with Crippen LogP contribution in [0.25, 0.3) is 10.2 Å². The minimum Gasteiger partial charge on any atom is -0.435 e. The first-order chi connectivity index (χ1) is 9.13. The predicted molar refractivity (Wildman–Crippen MR) is 68.9 cm³/mol. The Labute approximate surface area is 115 Å². The molecule has 19 heavy (non-hydrogen) atoms. The number of ether oxygens (including phenoxy) is 1. The van der Waals surface area contributed by atoms with Crippen molar-refractivity contribution in [3.8, 4) is 11.6 Å². The molecule has 2 heterocycles. The summed E-state index contributed by atoms with van der Waals surface area (Å²) in [4.78, 5) is 8.51. The van der Waals surface area contributed by atoms with Gasteiger partial charge in [-0.15, -0.1) is 11.3 Å². The zero-order valence-electron chi connectivity index (χ0n) is 9.23. The minimum atomic E-state index is -0.681. The molecule has 0 saturated heterocycles. The van der Waals surface area contributed by atoms with Gasteiger partial charge in [-0.25, -0.2) is 13.8 Å². The van der Waals surface area contributed by atoms with Crippen molar-refractivity contribution in [2.24, 2.45) is 0 Å². The Morgan fingerprint density at radius 1 is 1.16 bits per heavy atom. The van der Waals surface area contributed by atoms with Gasteiger partial charge in [0.1, 0.15) is 10.6 Å². The van der Waals surface area contributed by atoms with Crippen LogP contribution in [-0.2, 0) is 0 Å². The summed E-state index contributed by atoms with van der Waals surface area (Å²) in [6, 6.07) is 4.67. The Hall–Kier alpha value is -1.79. The fraction of sp³-hybridized carbons (Fsp3) is 0. The molecule has 0 aliphatic carbocycles. The second-order valence-electron chi connectivity index (χ2n) is 3.61. The number of hydrogen-bond acceptors (Lipinski definition) is 4. The van der Waals surface area contributed by atoms with Gasteiger partial charge in [0.05, 0.1) is 5.39 Å². The molecule has 3 aromatic rings. The Bertz CT molecular complexity index is 763. The summed E-state index contributed by atoms with van der Waals surface area (Å²) in [5.41, 5.74) is 0. The minimum absolute atomic E-state index is 0.0123. The summed E-state index contributed by atoms with van der Waals surface area (Å²) in [7, 11) is 0. The highest BCUT2D eigenvalue weighted by atomic mass is 35.5. The average molecular weight is 299 g/mol. The number of thiophene rings is 1. The SMILES string of the molecule is Fc1ccc(F)c(Oc2nc(Cl)nc3sccc23)c1. The summed E-state index contributed by atoms with van der Waals surface area (Å²) in [5.74, 6) is -1.43. The Balaban J connectivity index is 2.10. The van der Waals surface area contributed by atoms with E-state index >= 15 is 0 Å². The molecule has 0 aliphatic heterocycles. The van der Waals surface area contributed by atoms with Crippen LogP contribution in [0.5, 0.6) is 11.6 Å². The molecule has 0 amide bonds. The summed E-state index contributed by atoms with van der Waals surface area (Å²) in [6.07, 6.45) is 0. The van der Waals surface area contributed by atoms with Crippen LogP contribution in [0.3, 0.4) is 0 Å². The van der Waals surface area contributed by atoms with Gasteiger partial charge in [0.25, 0.3) is 0 Å². The largest absolute Gasteiger partial charge is 0.435 e. The molecular formula is C12H5ClF2N2OS. The fourth-order valence-electron chi connectivity index (χ4n) is 1.54. The van der Waals surface area contributed by atoms with E-state index in [1.165, 1.54) is 11.3 Å². The first kappa shape index (κ1) is 12.3. The zero-order chi connectivity index (χ0) is 13.4. The lowest BCUT2D eigenvalue weighted by Crippen LogP contribution is -1.94. The van der Waals surface area contributed by atoms with Gasteiger partial charge >= 0.3 is 0 Å². The number of benzene rings is 1. The van der Waals surface area contributed by atoms with Crippen molar-refractivity contribution in [2.75, 3.05) is 0 Å². The van der Waals surface area contributed by atoms with Crippen molar-refractivity contribution >= 4 is 33.2 Å². The van der Waals surface area contributed by atoms with E-state index in [1.807, 2.05) is 0 Å². The van der Waals surface area contributed by atoms with Crippen LogP contribution < -0.4 is 4.74 Å². The monoisotopic (exact) mass is 298 g/mol. The molecule has 3 nitrogen and oxygen atoms in total. The maximum Gasteiger partial charge on any atom is 0.232 e. The number of fused-ring (bicyclic) bond motifs is 1. The van der Waals surface area contributed by atoms with Gasteiger partial charge in [0.2, 0.25) is 11.2 Å². The summed E-state index contributed by atoms with van der Waals surface area (Å²) < 4.78 is 31.9. The third-order valence-corrected chi connectivity index (χ3v) is 3.34. The molecule has 0 atom stereocenters. The van der Waals surface area contributed by atoms with E-state index in [-0.39, 0.29) is 16.9 Å². The van der Waals surface area contributed by atoms with Crippen LogP contribution in [0, 0.1) is 11.6 Å². The van der Waals surface area contributed by atoms with Gasteiger partial charge in [-0.1, -0.05) is 0 Å². The number of aromatic nitrogens is 2. The highest BCUT2D eigenvalue weighted by molar-refractivity contribution is 7.16. The van der Waals surface area contributed by atoms with Gasteiger partial charge in [-0.05, 0) is 35.2 Å². The van der Waals surface area contributed by atoms with Crippen molar-refractivity contribution < 1.29 is 13.5 Å². The molecule has 3 rings (SSSR count). The Morgan fingerprint density at radius 3 is 2.84 bits per heavy atom. The van der Waals surface area contributed by atoms with Gasteiger partial charge in [-0.2, -0.15) is 4.98 Å². The van der Waals surface area contributed by atoms with E-state index < -0.39 is 11.6 Å². The molecule has 0 N–H and O–H groups in total. The van der Waals surface area contributed by atoms with E-state index in [1.54, 1.807) is 11.4 Å². The Kier molecular flexibility index (Phi) is 3.04. The summed E-state index contributed by atoms with van der Waals surface area (Å²) in [6.45, 7) is 0. The van der Waals surface area contributed by atoms with E-state index in [4.69, 9.17) is 16.3 Å². The standard InChI is InChI=1S/C12H5ClF2N2OS/c13-12-16-10(7-3-4-19-11(7)17-12)18-9-5-6(14)1-2-8(9)15/h1-5H. The third kappa shape index (κ3) is 2.36. The molecule has 7 heteroatoms. The van der Waals surface area contributed by atoms with E-state index in [2.05, 4.69) is 9.97 Å². The lowest BCUT2D eigenvalue weighted by atomic mass is 10.3. The van der Waals surface area contributed by atoms with E-state index in [9.17, 15) is 8.78 Å². The second-order valence-corrected chi connectivity index (χ2v) is 4.85. The first-order valence-corrected chi connectivity index (χ1v) is 6.43. The lowest BCUT2D eigenvalue weighted by molar-refractivity contribution is 0.426. The van der Waals surface area contributed by atoms with Crippen LogP contribution in [0.4, 0.5) is 8.78 Å². The highest BCUT2D eigenvalue weighted by Gasteiger charge is 2.13. The van der Waals surface area contributed by atoms with Crippen molar-refractivity contribution in [2.45, 2.75) is 0 Å². The molecule has 0 fully saturated rings. The smallest absolute Gasteiger partial charge is 0.232 e. The van der Waals surface area contributed by atoms with Crippen molar-refractivity contribution in [1.82, 2.24) is 9.97 Å². The molecule has 0 aliphatic rings. The van der Waals surface area contributed by atoms with Crippen LogP contribution in [0.2, 0.25) is 5.28 Å². The van der Waals surface area contributed by atoms with Crippen molar-refractivity contribution in [3.05, 3.63) is 46.6 Å². The first-order valence-electron chi connectivity index (χ1n) is 5.17. The molecule has 2 aromatic heterocycles. The number of hydrogen-bond donors (Lipinski definition) is 0. The van der Waals surface area contributed by atoms with Crippen LogP contribution in [0.1, 0.15) is 0 Å².